The molecule has 0 radical (unpaired) electrons. The van der Waals surface area contributed by atoms with Crippen LogP contribution < -0.4 is 0 Å². The van der Waals surface area contributed by atoms with Crippen molar-refractivity contribution in [3.8, 4) is 55.6 Å². The molecule has 0 saturated heterocycles. The van der Waals surface area contributed by atoms with Crippen LogP contribution in [0.4, 0.5) is 0 Å². The molecule has 0 nitrogen and oxygen atoms in total. The highest BCUT2D eigenvalue weighted by molar-refractivity contribution is 6.21. The summed E-state index contributed by atoms with van der Waals surface area (Å²) in [5, 5.41) is 7.90. The summed E-state index contributed by atoms with van der Waals surface area (Å²) in [6, 6.07) is 64.2. The predicted molar refractivity (Wildman–Crippen MR) is 205 cm³/mol. The molecule has 0 aromatic heterocycles. The van der Waals surface area contributed by atoms with E-state index in [2.05, 4.69) is 170 Å². The minimum Gasteiger partial charge on any atom is -0.0619 e. The van der Waals surface area contributed by atoms with Gasteiger partial charge in [0.25, 0.3) is 0 Å². The smallest absolute Gasteiger partial charge is 0.0619 e. The molecule has 0 N–H and O–H groups in total. The fraction of sp³-hybridized carbons (Fsp3) is 0.0204. The Labute approximate surface area is 284 Å². The molecule has 49 heavy (non-hydrogen) atoms. The molecule has 3 aliphatic carbocycles. The number of benzene rings is 9. The van der Waals surface area contributed by atoms with Gasteiger partial charge in [0.05, 0.1) is 5.41 Å². The highest BCUT2D eigenvalue weighted by Gasteiger charge is 2.52. The lowest BCUT2D eigenvalue weighted by atomic mass is 9.70. The van der Waals surface area contributed by atoms with Crippen molar-refractivity contribution in [3.63, 3.8) is 0 Å². The molecule has 3 aliphatic rings. The molecule has 0 amide bonds. The first kappa shape index (κ1) is 25.8. The highest BCUT2D eigenvalue weighted by Crippen LogP contribution is 2.65. The van der Waals surface area contributed by atoms with Crippen molar-refractivity contribution in [2.75, 3.05) is 0 Å². The van der Waals surface area contributed by atoms with E-state index < -0.39 is 0 Å². The van der Waals surface area contributed by atoms with Gasteiger partial charge in [-0.05, 0) is 128 Å². The van der Waals surface area contributed by atoms with Gasteiger partial charge in [-0.25, -0.2) is 0 Å². The fourth-order valence-corrected chi connectivity index (χ4v) is 9.86. The van der Waals surface area contributed by atoms with Crippen LogP contribution in [0, 0.1) is 0 Å². The van der Waals surface area contributed by atoms with Crippen LogP contribution in [-0.2, 0) is 5.41 Å². The van der Waals surface area contributed by atoms with Gasteiger partial charge in [-0.3, -0.25) is 0 Å². The Balaban J connectivity index is 1.13. The lowest BCUT2D eigenvalue weighted by Gasteiger charge is -2.30. The Bertz CT molecular complexity index is 2890. The summed E-state index contributed by atoms with van der Waals surface area (Å²) in [6.07, 6.45) is 0. The maximum absolute atomic E-state index is 2.56. The van der Waals surface area contributed by atoms with Crippen molar-refractivity contribution in [3.05, 3.63) is 192 Å². The Morgan fingerprint density at radius 2 is 0.857 bits per heavy atom. The van der Waals surface area contributed by atoms with Crippen molar-refractivity contribution in [1.29, 1.82) is 0 Å². The molecule has 9 aromatic carbocycles. The second-order valence-electron chi connectivity index (χ2n) is 13.9. The first-order valence-electron chi connectivity index (χ1n) is 17.3. The van der Waals surface area contributed by atoms with Crippen LogP contribution in [-0.4, -0.2) is 0 Å². The van der Waals surface area contributed by atoms with Gasteiger partial charge in [0, 0.05) is 0 Å². The van der Waals surface area contributed by atoms with E-state index >= 15 is 0 Å². The Morgan fingerprint density at radius 3 is 1.65 bits per heavy atom. The quantitative estimate of drug-likeness (QED) is 0.161. The average molecular weight is 617 g/mol. The second-order valence-corrected chi connectivity index (χ2v) is 13.9. The number of hydrogen-bond donors (Lipinski definition) is 0. The van der Waals surface area contributed by atoms with Crippen molar-refractivity contribution < 1.29 is 0 Å². The Morgan fingerprint density at radius 1 is 0.286 bits per heavy atom. The summed E-state index contributed by atoms with van der Waals surface area (Å²) in [6.45, 7) is 0. The molecule has 224 valence electrons. The van der Waals surface area contributed by atoms with E-state index in [4.69, 9.17) is 0 Å². The lowest BCUT2D eigenvalue weighted by molar-refractivity contribution is 0.795. The van der Waals surface area contributed by atoms with Gasteiger partial charge in [0.2, 0.25) is 0 Å². The van der Waals surface area contributed by atoms with Crippen LogP contribution in [0.1, 0.15) is 22.3 Å². The Hall–Kier alpha value is -6.24. The van der Waals surface area contributed by atoms with E-state index in [1.54, 1.807) is 0 Å². The predicted octanol–water partition coefficient (Wildman–Crippen LogP) is 12.8. The van der Waals surface area contributed by atoms with E-state index in [0.29, 0.717) is 0 Å². The summed E-state index contributed by atoms with van der Waals surface area (Å²) in [4.78, 5) is 0. The first-order valence-corrected chi connectivity index (χ1v) is 17.3. The summed E-state index contributed by atoms with van der Waals surface area (Å²) < 4.78 is 0. The van der Waals surface area contributed by atoms with Gasteiger partial charge in [-0.1, -0.05) is 152 Å². The highest BCUT2D eigenvalue weighted by atomic mass is 14.5. The van der Waals surface area contributed by atoms with Crippen LogP contribution in [0.25, 0.3) is 88.0 Å². The first-order chi connectivity index (χ1) is 24.3. The third kappa shape index (κ3) is 3.07. The minimum absolute atomic E-state index is 0.351. The van der Waals surface area contributed by atoms with E-state index in [0.717, 1.165) is 0 Å². The van der Waals surface area contributed by atoms with Crippen LogP contribution in [0.2, 0.25) is 0 Å². The van der Waals surface area contributed by atoms with E-state index in [1.807, 2.05) is 0 Å². The van der Waals surface area contributed by atoms with Crippen LogP contribution in [0.15, 0.2) is 170 Å². The zero-order chi connectivity index (χ0) is 31.8. The van der Waals surface area contributed by atoms with Crippen LogP contribution >= 0.6 is 0 Å². The fourth-order valence-electron chi connectivity index (χ4n) is 9.86. The zero-order valence-electron chi connectivity index (χ0n) is 26.7. The van der Waals surface area contributed by atoms with Gasteiger partial charge >= 0.3 is 0 Å². The van der Waals surface area contributed by atoms with Gasteiger partial charge in [-0.2, -0.15) is 0 Å². The summed E-state index contributed by atoms with van der Waals surface area (Å²) in [7, 11) is 0. The molecule has 0 bridgehead atoms. The molecule has 0 fully saturated rings. The monoisotopic (exact) mass is 616 g/mol. The maximum atomic E-state index is 2.56. The Kier molecular flexibility index (Phi) is 4.74. The topological polar surface area (TPSA) is 0 Å². The van der Waals surface area contributed by atoms with E-state index in [1.165, 1.54) is 110 Å². The van der Waals surface area contributed by atoms with Gasteiger partial charge in [0.15, 0.2) is 0 Å². The molecule has 9 aromatic rings. The van der Waals surface area contributed by atoms with E-state index in [9.17, 15) is 0 Å². The standard InChI is InChI=1S/C49H28/c1-2-11-33-29(10-1)20-21-30-22-23-31(26-40(30)33)32-24-25-34-41(27-32)37-15-9-16-39-47(37)42(34)28-46-48(39)38-14-5-8-19-45(38)49(46)43-17-6-3-12-35(43)36-13-4-7-18-44(36)49/h1-28H. The van der Waals surface area contributed by atoms with Gasteiger partial charge in [0.1, 0.15) is 0 Å². The molecule has 12 rings (SSSR count). The molecule has 0 heterocycles. The lowest BCUT2D eigenvalue weighted by Crippen LogP contribution is -2.25. The van der Waals surface area contributed by atoms with Gasteiger partial charge in [-0.15, -0.1) is 0 Å². The van der Waals surface area contributed by atoms with Gasteiger partial charge < -0.3 is 0 Å². The molecule has 0 heteroatoms. The second kappa shape index (κ2) is 9.01. The average Bonchev–Trinajstić information content (AvgIpc) is 3.77. The SMILES string of the molecule is c1ccc2c(c1)-c1ccccc1C21c2ccccc2-c2c1cc1c3c(cccc23)-c2cc(-c3ccc4ccc5ccccc5c4c3)ccc2-1. The molecule has 0 unspecified atom stereocenters. The molecule has 0 aliphatic heterocycles. The zero-order valence-corrected chi connectivity index (χ0v) is 26.7. The third-order valence-corrected chi connectivity index (χ3v) is 11.8. The summed E-state index contributed by atoms with van der Waals surface area (Å²) in [5.41, 5.74) is 18.5. The van der Waals surface area contributed by atoms with Crippen molar-refractivity contribution >= 4 is 32.3 Å². The molecular weight excluding hydrogens is 589 g/mol. The summed E-state index contributed by atoms with van der Waals surface area (Å²) >= 11 is 0. The normalized spacial score (nSPS) is 13.9. The largest absolute Gasteiger partial charge is 0.0725 e. The third-order valence-electron chi connectivity index (χ3n) is 11.8. The number of hydrogen-bond acceptors (Lipinski definition) is 0. The van der Waals surface area contributed by atoms with Crippen LogP contribution in [0.3, 0.4) is 0 Å². The van der Waals surface area contributed by atoms with Crippen molar-refractivity contribution in [2.24, 2.45) is 0 Å². The number of rotatable bonds is 1. The van der Waals surface area contributed by atoms with Crippen molar-refractivity contribution in [1.82, 2.24) is 0 Å². The molecule has 0 saturated carbocycles. The van der Waals surface area contributed by atoms with Crippen molar-refractivity contribution in [2.45, 2.75) is 5.41 Å². The number of fused-ring (bicyclic) bond motifs is 17. The molecular formula is C49H28. The maximum Gasteiger partial charge on any atom is 0.0725 e. The summed E-state index contributed by atoms with van der Waals surface area (Å²) in [5.74, 6) is 0. The molecule has 0 atom stereocenters. The molecule has 1 spiro atoms. The minimum atomic E-state index is -0.351. The van der Waals surface area contributed by atoms with E-state index in [-0.39, 0.29) is 5.41 Å². The van der Waals surface area contributed by atoms with Crippen LogP contribution in [0.5, 0.6) is 0 Å².